The number of thioether (sulfide) groups is 1. The van der Waals surface area contributed by atoms with Gasteiger partial charge in [0.25, 0.3) is 0 Å². The predicted octanol–water partition coefficient (Wildman–Crippen LogP) is -0.747. The Morgan fingerprint density at radius 3 is 3.13 bits per heavy atom. The van der Waals surface area contributed by atoms with E-state index in [1.54, 1.807) is 11.8 Å². The van der Waals surface area contributed by atoms with Gasteiger partial charge in [0.1, 0.15) is 6.61 Å². The molecule has 2 fully saturated rings. The maximum Gasteiger partial charge on any atom is 0.329 e. The second-order valence-electron chi connectivity index (χ2n) is 3.53. The van der Waals surface area contributed by atoms with Crippen molar-refractivity contribution in [1.82, 2.24) is 10.6 Å². The van der Waals surface area contributed by atoms with Crippen molar-refractivity contribution in [2.75, 3.05) is 19.0 Å². The minimum Gasteiger partial charge on any atom is -0.480 e. The molecular formula is C8H12N2O4S. The third-order valence-electron chi connectivity index (χ3n) is 2.45. The van der Waals surface area contributed by atoms with Gasteiger partial charge in [0.2, 0.25) is 0 Å². The van der Waals surface area contributed by atoms with Crippen LogP contribution in [0.1, 0.15) is 0 Å². The number of hydrogen-bond donors (Lipinski definition) is 3. The van der Waals surface area contributed by atoms with Crippen molar-refractivity contribution < 1.29 is 19.4 Å². The van der Waals surface area contributed by atoms with Gasteiger partial charge in [-0.1, -0.05) is 0 Å². The third kappa shape index (κ3) is 2.35. The van der Waals surface area contributed by atoms with Gasteiger partial charge >= 0.3 is 12.0 Å². The molecule has 0 aromatic carbocycles. The Hall–Kier alpha value is -0.950. The van der Waals surface area contributed by atoms with E-state index in [0.29, 0.717) is 6.61 Å². The number of carboxylic acids is 1. The molecule has 15 heavy (non-hydrogen) atoms. The zero-order valence-electron chi connectivity index (χ0n) is 7.93. The van der Waals surface area contributed by atoms with Gasteiger partial charge in [-0.2, -0.15) is 11.8 Å². The average Bonchev–Trinajstić information content (AvgIpc) is 2.65. The van der Waals surface area contributed by atoms with Crippen molar-refractivity contribution in [3.05, 3.63) is 0 Å². The van der Waals surface area contributed by atoms with Gasteiger partial charge in [0.05, 0.1) is 23.9 Å². The Labute approximate surface area is 90.7 Å². The first kappa shape index (κ1) is 10.6. The Morgan fingerprint density at radius 2 is 2.40 bits per heavy atom. The van der Waals surface area contributed by atoms with Crippen molar-refractivity contribution in [3.8, 4) is 0 Å². The Kier molecular flexibility index (Phi) is 3.01. The molecule has 7 heteroatoms. The Bertz CT molecular complexity index is 286. The van der Waals surface area contributed by atoms with Crippen molar-refractivity contribution in [1.29, 1.82) is 0 Å². The summed E-state index contributed by atoms with van der Waals surface area (Å²) in [5, 5.41) is 14.2. The van der Waals surface area contributed by atoms with Gasteiger partial charge in [-0.05, 0) is 0 Å². The molecule has 2 aliphatic heterocycles. The molecule has 0 spiro atoms. The first-order valence-electron chi connectivity index (χ1n) is 4.65. The molecule has 6 nitrogen and oxygen atoms in total. The molecule has 0 aliphatic carbocycles. The van der Waals surface area contributed by atoms with E-state index in [1.807, 2.05) is 0 Å². The molecule has 0 bridgehead atoms. The van der Waals surface area contributed by atoms with Crippen molar-refractivity contribution in [2.45, 2.75) is 17.3 Å². The molecule has 0 saturated carbocycles. The van der Waals surface area contributed by atoms with Gasteiger partial charge in [0.15, 0.2) is 0 Å². The van der Waals surface area contributed by atoms with E-state index in [-0.39, 0.29) is 30.0 Å². The van der Waals surface area contributed by atoms with Crippen LogP contribution in [-0.4, -0.2) is 53.4 Å². The quantitative estimate of drug-likeness (QED) is 0.555. The smallest absolute Gasteiger partial charge is 0.329 e. The van der Waals surface area contributed by atoms with E-state index >= 15 is 0 Å². The van der Waals surface area contributed by atoms with Crippen molar-refractivity contribution >= 4 is 23.8 Å². The van der Waals surface area contributed by atoms with Crippen LogP contribution in [0.15, 0.2) is 0 Å². The monoisotopic (exact) mass is 232 g/mol. The van der Waals surface area contributed by atoms with Crippen molar-refractivity contribution in [3.63, 3.8) is 0 Å². The molecule has 2 aliphatic rings. The molecule has 0 aromatic rings. The number of amides is 2. The van der Waals surface area contributed by atoms with Gasteiger partial charge in [-0.3, -0.25) is 0 Å². The lowest BCUT2D eigenvalue weighted by molar-refractivity contribution is -0.142. The first-order chi connectivity index (χ1) is 7.16. The molecule has 2 heterocycles. The third-order valence-corrected chi connectivity index (χ3v) is 3.85. The lowest BCUT2D eigenvalue weighted by atomic mass is 10.1. The van der Waals surface area contributed by atoms with E-state index in [2.05, 4.69) is 10.6 Å². The zero-order valence-corrected chi connectivity index (χ0v) is 8.75. The molecule has 0 radical (unpaired) electrons. The molecule has 3 N–H and O–H groups in total. The number of carboxylic acid groups (broad SMARTS) is 1. The highest BCUT2D eigenvalue weighted by Crippen LogP contribution is 2.29. The number of aliphatic carboxylic acids is 1. The molecular weight excluding hydrogens is 220 g/mol. The SMILES string of the molecule is O=C(O)COCC1SCC2NC(=O)NC21. The number of rotatable bonds is 4. The minimum atomic E-state index is -0.969. The van der Waals surface area contributed by atoms with E-state index in [4.69, 9.17) is 9.84 Å². The topological polar surface area (TPSA) is 87.7 Å². The summed E-state index contributed by atoms with van der Waals surface area (Å²) < 4.78 is 5.02. The summed E-state index contributed by atoms with van der Waals surface area (Å²) in [7, 11) is 0. The largest absolute Gasteiger partial charge is 0.480 e. The number of carbonyl (C=O) groups is 2. The molecule has 0 aromatic heterocycles. The predicted molar refractivity (Wildman–Crippen MR) is 53.9 cm³/mol. The second-order valence-corrected chi connectivity index (χ2v) is 4.80. The summed E-state index contributed by atoms with van der Waals surface area (Å²) >= 11 is 1.69. The lowest BCUT2D eigenvalue weighted by Crippen LogP contribution is -2.39. The highest BCUT2D eigenvalue weighted by Gasteiger charge is 2.43. The maximum absolute atomic E-state index is 11.0. The van der Waals surface area contributed by atoms with Crippen LogP contribution in [0.25, 0.3) is 0 Å². The van der Waals surface area contributed by atoms with E-state index in [0.717, 1.165) is 5.75 Å². The van der Waals surface area contributed by atoms with Gasteiger partial charge in [-0.15, -0.1) is 0 Å². The molecule has 3 atom stereocenters. The summed E-state index contributed by atoms with van der Waals surface area (Å²) in [6.07, 6.45) is 0. The zero-order chi connectivity index (χ0) is 10.8. The van der Waals surface area contributed by atoms with Crippen LogP contribution >= 0.6 is 11.8 Å². The van der Waals surface area contributed by atoms with Crippen LogP contribution < -0.4 is 10.6 Å². The highest BCUT2D eigenvalue weighted by molar-refractivity contribution is 8.00. The maximum atomic E-state index is 11.0. The Morgan fingerprint density at radius 1 is 1.60 bits per heavy atom. The average molecular weight is 232 g/mol. The van der Waals surface area contributed by atoms with Gasteiger partial charge < -0.3 is 20.5 Å². The number of fused-ring (bicyclic) bond motifs is 1. The summed E-state index contributed by atoms with van der Waals surface area (Å²) in [4.78, 5) is 21.3. The summed E-state index contributed by atoms with van der Waals surface area (Å²) in [6, 6.07) is 0.0748. The van der Waals surface area contributed by atoms with Gasteiger partial charge in [-0.25, -0.2) is 9.59 Å². The van der Waals surface area contributed by atoms with Crippen LogP contribution in [0.5, 0.6) is 0 Å². The standard InChI is InChI=1S/C8H12N2O4S/c11-6(12)2-14-1-5-7-4(3-15-5)9-8(13)10-7/h4-5,7H,1-3H2,(H,11,12)(H2,9,10,13). The molecule has 2 rings (SSSR count). The van der Waals surface area contributed by atoms with Gasteiger partial charge in [0, 0.05) is 5.75 Å². The van der Waals surface area contributed by atoms with E-state index in [1.165, 1.54) is 0 Å². The molecule has 2 saturated heterocycles. The summed E-state index contributed by atoms with van der Waals surface area (Å²) in [6.45, 7) is 0.0793. The number of urea groups is 1. The second kappa shape index (κ2) is 4.28. The van der Waals surface area contributed by atoms with E-state index in [9.17, 15) is 9.59 Å². The highest BCUT2D eigenvalue weighted by atomic mass is 32.2. The number of ether oxygens (including phenoxy) is 1. The van der Waals surface area contributed by atoms with Crippen LogP contribution in [0.2, 0.25) is 0 Å². The number of nitrogens with one attached hydrogen (secondary N) is 2. The summed E-state index contributed by atoms with van der Waals surface area (Å²) in [5.41, 5.74) is 0. The molecule has 2 amide bonds. The molecule has 84 valence electrons. The Balaban J connectivity index is 1.79. The summed E-state index contributed by atoms with van der Waals surface area (Å²) in [5.74, 6) is -0.118. The lowest BCUT2D eigenvalue weighted by Gasteiger charge is -2.15. The van der Waals surface area contributed by atoms with Crippen molar-refractivity contribution in [2.24, 2.45) is 0 Å². The normalized spacial score (nSPS) is 33.3. The first-order valence-corrected chi connectivity index (χ1v) is 5.70. The fraction of sp³-hybridized carbons (Fsp3) is 0.750. The van der Waals surface area contributed by atoms with E-state index < -0.39 is 5.97 Å². The number of hydrogen-bond acceptors (Lipinski definition) is 4. The fourth-order valence-electron chi connectivity index (χ4n) is 1.79. The van der Waals surface area contributed by atoms with Crippen LogP contribution in [0.3, 0.4) is 0 Å². The fourth-order valence-corrected chi connectivity index (χ4v) is 3.20. The van der Waals surface area contributed by atoms with Crippen LogP contribution in [0.4, 0.5) is 4.79 Å². The number of carbonyl (C=O) groups excluding carboxylic acids is 1. The van der Waals surface area contributed by atoms with Crippen LogP contribution in [0, 0.1) is 0 Å². The van der Waals surface area contributed by atoms with Crippen LogP contribution in [-0.2, 0) is 9.53 Å². The molecule has 3 unspecified atom stereocenters. The minimum absolute atomic E-state index is 0.0660.